The van der Waals surface area contributed by atoms with E-state index in [0.717, 1.165) is 25.7 Å². The smallest absolute Gasteiger partial charge is 0.333 e. The quantitative estimate of drug-likeness (QED) is 0.680. The number of rotatable bonds is 4. The molecule has 114 valence electrons. The first kappa shape index (κ1) is 14.1. The SMILES string of the molecule is CCOc1cccc(N2C3CCC2CC(N)C3)c1[N+](=O)[O-]. The number of fused-ring (bicyclic) bond motifs is 2. The molecule has 3 rings (SSSR count). The molecule has 0 aromatic heterocycles. The van der Waals surface area contributed by atoms with Crippen LogP contribution >= 0.6 is 0 Å². The first-order valence-corrected chi connectivity index (χ1v) is 7.56. The summed E-state index contributed by atoms with van der Waals surface area (Å²) >= 11 is 0. The van der Waals surface area contributed by atoms with Crippen LogP contribution in [-0.4, -0.2) is 29.7 Å². The van der Waals surface area contributed by atoms with Gasteiger partial charge in [-0.25, -0.2) is 0 Å². The number of nitro groups is 1. The van der Waals surface area contributed by atoms with Crippen molar-refractivity contribution in [3.63, 3.8) is 0 Å². The Bertz CT molecular complexity index is 535. The van der Waals surface area contributed by atoms with E-state index in [1.807, 2.05) is 19.1 Å². The molecule has 0 saturated carbocycles. The molecular formula is C15H21N3O3. The largest absolute Gasteiger partial charge is 0.487 e. The van der Waals surface area contributed by atoms with E-state index in [1.54, 1.807) is 6.07 Å². The molecular weight excluding hydrogens is 270 g/mol. The van der Waals surface area contributed by atoms with E-state index >= 15 is 0 Å². The standard InChI is InChI=1S/C15H21N3O3/c1-2-21-14-5-3-4-13(15(14)18(19)20)17-11-6-7-12(17)9-10(16)8-11/h3-5,10-12H,2,6-9,16H2,1H3. The van der Waals surface area contributed by atoms with Crippen LogP contribution in [0.3, 0.4) is 0 Å². The van der Waals surface area contributed by atoms with Gasteiger partial charge in [-0.2, -0.15) is 0 Å². The van der Waals surface area contributed by atoms with Gasteiger partial charge in [-0.15, -0.1) is 0 Å². The summed E-state index contributed by atoms with van der Waals surface area (Å²) in [6.07, 6.45) is 3.95. The molecule has 2 bridgehead atoms. The van der Waals surface area contributed by atoms with Crippen LogP contribution in [0.2, 0.25) is 0 Å². The van der Waals surface area contributed by atoms with Crippen LogP contribution in [0.5, 0.6) is 5.75 Å². The van der Waals surface area contributed by atoms with E-state index in [9.17, 15) is 10.1 Å². The minimum atomic E-state index is -0.325. The summed E-state index contributed by atoms with van der Waals surface area (Å²) in [5.41, 5.74) is 6.86. The van der Waals surface area contributed by atoms with E-state index in [0.29, 0.717) is 30.1 Å². The second-order valence-electron chi connectivity index (χ2n) is 5.84. The number of nitrogens with zero attached hydrogens (tertiary/aromatic N) is 2. The van der Waals surface area contributed by atoms with E-state index in [2.05, 4.69) is 4.90 Å². The highest BCUT2D eigenvalue weighted by molar-refractivity contribution is 5.71. The average molecular weight is 291 g/mol. The lowest BCUT2D eigenvalue weighted by molar-refractivity contribution is -0.385. The predicted molar refractivity (Wildman–Crippen MR) is 80.8 cm³/mol. The first-order valence-electron chi connectivity index (χ1n) is 7.56. The Kier molecular flexibility index (Phi) is 3.71. The van der Waals surface area contributed by atoms with Gasteiger partial charge in [0.15, 0.2) is 5.75 Å². The zero-order chi connectivity index (χ0) is 15.0. The first-order chi connectivity index (χ1) is 10.1. The van der Waals surface area contributed by atoms with Crippen molar-refractivity contribution in [2.24, 2.45) is 5.73 Å². The summed E-state index contributed by atoms with van der Waals surface area (Å²) in [6.45, 7) is 2.25. The molecule has 0 spiro atoms. The fourth-order valence-corrected chi connectivity index (χ4v) is 3.79. The highest BCUT2D eigenvalue weighted by atomic mass is 16.6. The minimum Gasteiger partial charge on any atom is -0.487 e. The molecule has 2 heterocycles. The highest BCUT2D eigenvalue weighted by Crippen LogP contribution is 2.45. The summed E-state index contributed by atoms with van der Waals surface area (Å²) in [5.74, 6) is 0.356. The van der Waals surface area contributed by atoms with Gasteiger partial charge < -0.3 is 15.4 Å². The maximum atomic E-state index is 11.5. The van der Waals surface area contributed by atoms with Crippen molar-refractivity contribution in [3.05, 3.63) is 28.3 Å². The Balaban J connectivity index is 2.02. The molecule has 0 amide bonds. The molecule has 2 fully saturated rings. The molecule has 2 aliphatic rings. The minimum absolute atomic E-state index is 0.0896. The number of nitro benzene ring substituents is 1. The Morgan fingerprint density at radius 2 is 2.05 bits per heavy atom. The van der Waals surface area contributed by atoms with E-state index in [4.69, 9.17) is 10.5 Å². The van der Waals surface area contributed by atoms with Gasteiger partial charge in [-0.05, 0) is 44.7 Å². The van der Waals surface area contributed by atoms with Crippen molar-refractivity contribution < 1.29 is 9.66 Å². The number of piperidine rings is 1. The van der Waals surface area contributed by atoms with Crippen molar-refractivity contribution in [3.8, 4) is 5.75 Å². The third-order valence-electron chi connectivity index (χ3n) is 4.51. The number of benzene rings is 1. The van der Waals surface area contributed by atoms with Gasteiger partial charge in [0.1, 0.15) is 5.69 Å². The molecule has 0 radical (unpaired) electrons. The molecule has 2 unspecified atom stereocenters. The van der Waals surface area contributed by atoms with Gasteiger partial charge >= 0.3 is 5.69 Å². The average Bonchev–Trinajstić information content (AvgIpc) is 2.70. The highest BCUT2D eigenvalue weighted by Gasteiger charge is 2.42. The zero-order valence-electron chi connectivity index (χ0n) is 12.2. The monoisotopic (exact) mass is 291 g/mol. The number of anilines is 1. The number of hydrogen-bond donors (Lipinski definition) is 1. The van der Waals surface area contributed by atoms with E-state index in [-0.39, 0.29) is 16.7 Å². The van der Waals surface area contributed by atoms with Gasteiger partial charge in [0, 0.05) is 18.1 Å². The summed E-state index contributed by atoms with van der Waals surface area (Å²) in [5, 5.41) is 11.5. The van der Waals surface area contributed by atoms with E-state index < -0.39 is 0 Å². The molecule has 2 atom stereocenters. The summed E-state index contributed by atoms with van der Waals surface area (Å²) in [7, 11) is 0. The van der Waals surface area contributed by atoms with Gasteiger partial charge in [0.25, 0.3) is 0 Å². The fraction of sp³-hybridized carbons (Fsp3) is 0.600. The third kappa shape index (κ3) is 2.44. The van der Waals surface area contributed by atoms with Crippen LogP contribution in [0.15, 0.2) is 18.2 Å². The molecule has 2 saturated heterocycles. The Labute approximate surface area is 124 Å². The van der Waals surface area contributed by atoms with Crippen LogP contribution < -0.4 is 15.4 Å². The summed E-state index contributed by atoms with van der Waals surface area (Å²) in [4.78, 5) is 13.4. The number of hydrogen-bond acceptors (Lipinski definition) is 5. The summed E-state index contributed by atoms with van der Waals surface area (Å²) < 4.78 is 5.45. The van der Waals surface area contributed by atoms with Gasteiger partial charge in [0.2, 0.25) is 0 Å². The second-order valence-corrected chi connectivity index (χ2v) is 5.84. The lowest BCUT2D eigenvalue weighted by Crippen LogP contribution is -2.47. The van der Waals surface area contributed by atoms with Gasteiger partial charge in [-0.3, -0.25) is 10.1 Å². The van der Waals surface area contributed by atoms with Crippen molar-refractivity contribution in [1.29, 1.82) is 0 Å². The number of ether oxygens (including phenoxy) is 1. The summed E-state index contributed by atoms with van der Waals surface area (Å²) in [6, 6.07) is 6.18. The molecule has 21 heavy (non-hydrogen) atoms. The second kappa shape index (κ2) is 5.52. The van der Waals surface area contributed by atoms with E-state index in [1.165, 1.54) is 0 Å². The molecule has 6 heteroatoms. The van der Waals surface area contributed by atoms with Crippen molar-refractivity contribution in [2.75, 3.05) is 11.5 Å². The van der Waals surface area contributed by atoms with Crippen LogP contribution in [0.4, 0.5) is 11.4 Å². The van der Waals surface area contributed by atoms with Gasteiger partial charge in [0.05, 0.1) is 11.5 Å². The Morgan fingerprint density at radius 1 is 1.38 bits per heavy atom. The van der Waals surface area contributed by atoms with Crippen LogP contribution in [0.1, 0.15) is 32.6 Å². The Morgan fingerprint density at radius 3 is 2.62 bits per heavy atom. The lowest BCUT2D eigenvalue weighted by Gasteiger charge is -2.39. The molecule has 2 N–H and O–H groups in total. The molecule has 1 aromatic carbocycles. The normalized spacial score (nSPS) is 27.7. The molecule has 2 aliphatic heterocycles. The van der Waals surface area contributed by atoms with Crippen LogP contribution in [0.25, 0.3) is 0 Å². The zero-order valence-corrected chi connectivity index (χ0v) is 12.2. The number of nitrogens with two attached hydrogens (primary N) is 1. The maximum absolute atomic E-state index is 11.5. The maximum Gasteiger partial charge on any atom is 0.333 e. The van der Waals surface area contributed by atoms with Gasteiger partial charge in [-0.1, -0.05) is 6.07 Å². The molecule has 6 nitrogen and oxygen atoms in total. The van der Waals surface area contributed by atoms with Crippen LogP contribution in [-0.2, 0) is 0 Å². The topological polar surface area (TPSA) is 81.6 Å². The van der Waals surface area contributed by atoms with Crippen LogP contribution in [0, 0.1) is 10.1 Å². The number of para-hydroxylation sites is 1. The fourth-order valence-electron chi connectivity index (χ4n) is 3.79. The Hall–Kier alpha value is -1.82. The van der Waals surface area contributed by atoms with Crippen molar-refractivity contribution in [1.82, 2.24) is 0 Å². The predicted octanol–water partition coefficient (Wildman–Crippen LogP) is 2.45. The van der Waals surface area contributed by atoms with Crippen molar-refractivity contribution >= 4 is 11.4 Å². The third-order valence-corrected chi connectivity index (χ3v) is 4.51. The van der Waals surface area contributed by atoms with Crippen molar-refractivity contribution in [2.45, 2.75) is 50.7 Å². The molecule has 1 aromatic rings. The lowest BCUT2D eigenvalue weighted by atomic mass is 9.97. The molecule has 0 aliphatic carbocycles.